The lowest BCUT2D eigenvalue weighted by molar-refractivity contribution is 0.481. The average Bonchev–Trinajstić information content (AvgIpc) is 2.33. The van der Waals surface area contributed by atoms with Crippen LogP contribution in [-0.2, 0) is 0 Å². The highest BCUT2D eigenvalue weighted by atomic mass is 35.5. The first-order chi connectivity index (χ1) is 8.20. The highest BCUT2D eigenvalue weighted by molar-refractivity contribution is 6.32. The molecule has 2 aromatic rings. The van der Waals surface area contributed by atoms with Crippen molar-refractivity contribution in [2.24, 2.45) is 0 Å². The van der Waals surface area contributed by atoms with Crippen molar-refractivity contribution in [1.82, 2.24) is 0 Å². The van der Waals surface area contributed by atoms with Crippen molar-refractivity contribution in [1.29, 1.82) is 5.26 Å². The minimum absolute atomic E-state index is 0.415. The van der Waals surface area contributed by atoms with Crippen LogP contribution in [0.4, 0.5) is 5.69 Å². The second-order valence-electron chi connectivity index (χ2n) is 3.40. The van der Waals surface area contributed by atoms with Gasteiger partial charge in [0, 0.05) is 5.69 Å². The summed E-state index contributed by atoms with van der Waals surface area (Å²) in [5.74, 6) is 0.949. The zero-order valence-corrected chi connectivity index (χ0v) is 9.61. The van der Waals surface area contributed by atoms with E-state index in [0.29, 0.717) is 27.8 Å². The Morgan fingerprint density at radius 3 is 2.59 bits per heavy atom. The fourth-order valence-corrected chi connectivity index (χ4v) is 1.59. The zero-order valence-electron chi connectivity index (χ0n) is 8.85. The highest BCUT2D eigenvalue weighted by Gasteiger charge is 2.06. The van der Waals surface area contributed by atoms with E-state index >= 15 is 0 Å². The van der Waals surface area contributed by atoms with E-state index in [1.807, 2.05) is 0 Å². The monoisotopic (exact) mass is 244 g/mol. The molecule has 2 N–H and O–H groups in total. The number of nitrogens with two attached hydrogens (primary N) is 1. The van der Waals surface area contributed by atoms with Gasteiger partial charge in [-0.15, -0.1) is 0 Å². The van der Waals surface area contributed by atoms with E-state index < -0.39 is 0 Å². The summed E-state index contributed by atoms with van der Waals surface area (Å²) in [6.07, 6.45) is 0. The number of anilines is 1. The molecule has 0 aromatic heterocycles. The van der Waals surface area contributed by atoms with Crippen LogP contribution in [-0.4, -0.2) is 0 Å². The second-order valence-corrected chi connectivity index (χ2v) is 3.81. The molecule has 0 aliphatic heterocycles. The van der Waals surface area contributed by atoms with E-state index in [0.717, 1.165) is 0 Å². The van der Waals surface area contributed by atoms with Crippen molar-refractivity contribution in [3.63, 3.8) is 0 Å². The molecule has 2 rings (SSSR count). The van der Waals surface area contributed by atoms with Crippen LogP contribution in [0.25, 0.3) is 0 Å². The van der Waals surface area contributed by atoms with Gasteiger partial charge in [-0.05, 0) is 30.3 Å². The Kier molecular flexibility index (Phi) is 3.17. The smallest absolute Gasteiger partial charge is 0.146 e. The molecule has 0 atom stereocenters. The number of ether oxygens (including phenoxy) is 1. The Bertz CT molecular complexity index is 590. The molecule has 0 bridgehead atoms. The molecule has 84 valence electrons. The van der Waals surface area contributed by atoms with Gasteiger partial charge in [-0.1, -0.05) is 23.7 Å². The lowest BCUT2D eigenvalue weighted by Crippen LogP contribution is -1.90. The molecular formula is C13H9ClN2O. The Labute approximate surface area is 104 Å². The van der Waals surface area contributed by atoms with Gasteiger partial charge in [0.15, 0.2) is 0 Å². The van der Waals surface area contributed by atoms with Crippen molar-refractivity contribution < 1.29 is 4.74 Å². The summed E-state index contributed by atoms with van der Waals surface area (Å²) in [5, 5.41) is 9.34. The van der Waals surface area contributed by atoms with Crippen LogP contribution in [0.1, 0.15) is 5.56 Å². The number of nitrogens with zero attached hydrogens (tertiary/aromatic N) is 1. The number of halogens is 1. The number of hydrogen-bond acceptors (Lipinski definition) is 3. The number of para-hydroxylation sites is 1. The van der Waals surface area contributed by atoms with E-state index in [1.165, 1.54) is 0 Å². The van der Waals surface area contributed by atoms with Gasteiger partial charge in [0.2, 0.25) is 0 Å². The Balaban J connectivity index is 2.35. The van der Waals surface area contributed by atoms with Crippen molar-refractivity contribution >= 4 is 17.3 Å². The molecule has 3 nitrogen and oxygen atoms in total. The van der Waals surface area contributed by atoms with Crippen LogP contribution in [0.3, 0.4) is 0 Å². The Hall–Kier alpha value is -2.18. The third kappa shape index (κ3) is 2.49. The summed E-state index contributed by atoms with van der Waals surface area (Å²) >= 11 is 5.99. The highest BCUT2D eigenvalue weighted by Crippen LogP contribution is 2.32. The second kappa shape index (κ2) is 4.77. The van der Waals surface area contributed by atoms with Crippen molar-refractivity contribution in [3.05, 3.63) is 53.1 Å². The van der Waals surface area contributed by atoms with E-state index in [1.54, 1.807) is 42.5 Å². The van der Waals surface area contributed by atoms with Gasteiger partial charge >= 0.3 is 0 Å². The first-order valence-corrected chi connectivity index (χ1v) is 5.30. The predicted molar refractivity (Wildman–Crippen MR) is 67.1 cm³/mol. The summed E-state index contributed by atoms with van der Waals surface area (Å²) in [4.78, 5) is 0. The van der Waals surface area contributed by atoms with Gasteiger partial charge in [0.25, 0.3) is 0 Å². The van der Waals surface area contributed by atoms with Crippen LogP contribution >= 0.6 is 11.6 Å². The fourth-order valence-electron chi connectivity index (χ4n) is 1.37. The topological polar surface area (TPSA) is 59.0 Å². The first kappa shape index (κ1) is 11.3. The summed E-state index contributed by atoms with van der Waals surface area (Å²) in [6, 6.07) is 14.0. The molecule has 0 heterocycles. The predicted octanol–water partition coefficient (Wildman–Crippen LogP) is 3.59. The van der Waals surface area contributed by atoms with E-state index in [4.69, 9.17) is 27.3 Å². The summed E-state index contributed by atoms with van der Waals surface area (Å²) in [6.45, 7) is 0. The molecule has 0 saturated carbocycles. The van der Waals surface area contributed by atoms with E-state index in [2.05, 4.69) is 6.07 Å². The quantitative estimate of drug-likeness (QED) is 0.822. The van der Waals surface area contributed by atoms with Crippen LogP contribution in [0, 0.1) is 11.3 Å². The molecule has 0 aliphatic rings. The number of benzene rings is 2. The summed E-state index contributed by atoms with van der Waals surface area (Å²) in [5.41, 5.74) is 6.61. The van der Waals surface area contributed by atoms with E-state index in [-0.39, 0.29) is 0 Å². The normalized spacial score (nSPS) is 9.65. The number of nitrogen functional groups attached to an aromatic ring is 1. The largest absolute Gasteiger partial charge is 0.454 e. The molecule has 0 aliphatic carbocycles. The molecule has 4 heteroatoms. The fraction of sp³-hybridized carbons (Fsp3) is 0. The number of nitriles is 1. The third-order valence-corrected chi connectivity index (χ3v) is 2.48. The molecule has 0 radical (unpaired) electrons. The maximum Gasteiger partial charge on any atom is 0.146 e. The zero-order chi connectivity index (χ0) is 12.3. The lowest BCUT2D eigenvalue weighted by Gasteiger charge is -2.09. The standard InChI is InChI=1S/C13H9ClN2O/c14-11-7-10(16)5-6-13(11)17-12-4-2-1-3-9(12)8-15/h1-7H,16H2. The number of hydrogen-bond donors (Lipinski definition) is 1. The lowest BCUT2D eigenvalue weighted by atomic mass is 10.2. The summed E-state index contributed by atoms with van der Waals surface area (Å²) in [7, 11) is 0. The van der Waals surface area contributed by atoms with Crippen molar-refractivity contribution in [3.8, 4) is 17.6 Å². The molecule has 17 heavy (non-hydrogen) atoms. The summed E-state index contributed by atoms with van der Waals surface area (Å²) < 4.78 is 5.58. The Morgan fingerprint density at radius 1 is 1.12 bits per heavy atom. The minimum Gasteiger partial charge on any atom is -0.454 e. The van der Waals surface area contributed by atoms with Gasteiger partial charge in [-0.25, -0.2) is 0 Å². The van der Waals surface area contributed by atoms with Gasteiger partial charge in [0.05, 0.1) is 10.6 Å². The van der Waals surface area contributed by atoms with Crippen molar-refractivity contribution in [2.45, 2.75) is 0 Å². The Morgan fingerprint density at radius 2 is 1.88 bits per heavy atom. The average molecular weight is 245 g/mol. The van der Waals surface area contributed by atoms with Gasteiger partial charge < -0.3 is 10.5 Å². The molecule has 0 saturated heterocycles. The third-order valence-electron chi connectivity index (χ3n) is 2.18. The van der Waals surface area contributed by atoms with Crippen LogP contribution in [0.5, 0.6) is 11.5 Å². The SMILES string of the molecule is N#Cc1ccccc1Oc1ccc(N)cc1Cl. The van der Waals surface area contributed by atoms with Crippen LogP contribution in [0.2, 0.25) is 5.02 Å². The van der Waals surface area contributed by atoms with Crippen LogP contribution in [0.15, 0.2) is 42.5 Å². The van der Waals surface area contributed by atoms with Crippen LogP contribution < -0.4 is 10.5 Å². The minimum atomic E-state index is 0.415. The van der Waals surface area contributed by atoms with E-state index in [9.17, 15) is 0 Å². The molecule has 0 spiro atoms. The molecule has 0 fully saturated rings. The number of rotatable bonds is 2. The molecule has 2 aromatic carbocycles. The van der Waals surface area contributed by atoms with Gasteiger partial charge in [0.1, 0.15) is 17.6 Å². The van der Waals surface area contributed by atoms with Gasteiger partial charge in [-0.2, -0.15) is 5.26 Å². The molecule has 0 amide bonds. The maximum atomic E-state index is 8.93. The van der Waals surface area contributed by atoms with Gasteiger partial charge in [-0.3, -0.25) is 0 Å². The van der Waals surface area contributed by atoms with Crippen molar-refractivity contribution in [2.75, 3.05) is 5.73 Å². The molecule has 0 unspecified atom stereocenters. The molecular weight excluding hydrogens is 236 g/mol. The maximum absolute atomic E-state index is 8.93. The first-order valence-electron chi connectivity index (χ1n) is 4.92.